The van der Waals surface area contributed by atoms with Crippen LogP contribution in [0, 0.1) is 0 Å². The second kappa shape index (κ2) is 6.64. The number of para-hydroxylation sites is 2. The van der Waals surface area contributed by atoms with Crippen LogP contribution in [0.2, 0.25) is 0 Å². The van der Waals surface area contributed by atoms with Crippen molar-refractivity contribution in [3.63, 3.8) is 0 Å². The van der Waals surface area contributed by atoms with Crippen LogP contribution in [0.5, 0.6) is 5.75 Å². The summed E-state index contributed by atoms with van der Waals surface area (Å²) in [6.45, 7) is 3.36. The van der Waals surface area contributed by atoms with Crippen molar-refractivity contribution >= 4 is 17.6 Å². The number of carbonyl (C=O) groups excluding carboxylic acids is 2. The molecule has 18 heavy (non-hydrogen) atoms. The Labute approximate surface area is 106 Å². The first-order valence-electron chi connectivity index (χ1n) is 5.80. The molecule has 0 aliphatic carbocycles. The summed E-state index contributed by atoms with van der Waals surface area (Å²) in [6, 6.07) is 6.88. The van der Waals surface area contributed by atoms with E-state index in [9.17, 15) is 9.59 Å². The molecule has 0 saturated heterocycles. The van der Waals surface area contributed by atoms with Crippen LogP contribution in [0.4, 0.5) is 5.69 Å². The van der Waals surface area contributed by atoms with Gasteiger partial charge in [-0.1, -0.05) is 26.0 Å². The van der Waals surface area contributed by atoms with Crippen molar-refractivity contribution in [1.29, 1.82) is 0 Å². The van der Waals surface area contributed by atoms with E-state index in [4.69, 9.17) is 9.57 Å². The SMILES string of the molecule is CCC(=O)ON(C(=O)CC)c1ccccc1OC. The van der Waals surface area contributed by atoms with Crippen molar-refractivity contribution in [3.05, 3.63) is 24.3 Å². The van der Waals surface area contributed by atoms with E-state index < -0.39 is 5.97 Å². The summed E-state index contributed by atoms with van der Waals surface area (Å²) in [7, 11) is 1.50. The first-order chi connectivity index (χ1) is 8.63. The van der Waals surface area contributed by atoms with Crippen LogP contribution in [0.25, 0.3) is 0 Å². The molecule has 5 heteroatoms. The van der Waals surface area contributed by atoms with Gasteiger partial charge in [-0.2, -0.15) is 0 Å². The summed E-state index contributed by atoms with van der Waals surface area (Å²) in [6.07, 6.45) is 0.428. The molecule has 1 aromatic rings. The van der Waals surface area contributed by atoms with E-state index >= 15 is 0 Å². The topological polar surface area (TPSA) is 55.8 Å². The molecule has 0 unspecified atom stereocenters. The summed E-state index contributed by atoms with van der Waals surface area (Å²) in [5.41, 5.74) is 0.425. The maximum Gasteiger partial charge on any atom is 0.332 e. The Balaban J connectivity index is 3.08. The van der Waals surface area contributed by atoms with Crippen LogP contribution in [0.3, 0.4) is 0 Å². The molecule has 0 spiro atoms. The number of nitrogens with zero attached hydrogens (tertiary/aromatic N) is 1. The number of hydroxylamine groups is 1. The fourth-order valence-electron chi connectivity index (χ4n) is 1.34. The minimum Gasteiger partial charge on any atom is -0.494 e. The van der Waals surface area contributed by atoms with Crippen molar-refractivity contribution < 1.29 is 19.2 Å². The minimum atomic E-state index is -0.470. The molecule has 0 atom stereocenters. The fraction of sp³-hybridized carbons (Fsp3) is 0.385. The average Bonchev–Trinajstić information content (AvgIpc) is 2.43. The normalized spacial score (nSPS) is 9.72. The predicted octanol–water partition coefficient (Wildman–Crippen LogP) is 2.31. The molecule has 0 radical (unpaired) electrons. The molecule has 0 bridgehead atoms. The van der Waals surface area contributed by atoms with Gasteiger partial charge in [-0.25, -0.2) is 4.79 Å². The Bertz CT molecular complexity index is 431. The number of carbonyl (C=O) groups is 2. The van der Waals surface area contributed by atoms with Gasteiger partial charge in [-0.05, 0) is 12.1 Å². The van der Waals surface area contributed by atoms with E-state index in [1.807, 2.05) is 0 Å². The third kappa shape index (κ3) is 3.23. The van der Waals surface area contributed by atoms with E-state index in [0.717, 1.165) is 5.06 Å². The van der Waals surface area contributed by atoms with Crippen LogP contribution in [0.1, 0.15) is 26.7 Å². The molecule has 1 amide bonds. The smallest absolute Gasteiger partial charge is 0.332 e. The second-order valence-corrected chi connectivity index (χ2v) is 3.53. The summed E-state index contributed by atoms with van der Waals surface area (Å²) in [5.74, 6) is -0.299. The lowest BCUT2D eigenvalue weighted by Crippen LogP contribution is -2.33. The van der Waals surface area contributed by atoms with Gasteiger partial charge in [-0.3, -0.25) is 4.79 Å². The molecular weight excluding hydrogens is 234 g/mol. The van der Waals surface area contributed by atoms with Gasteiger partial charge in [0.2, 0.25) is 0 Å². The summed E-state index contributed by atoms with van der Waals surface area (Å²) in [4.78, 5) is 28.2. The Morgan fingerprint density at radius 2 is 1.83 bits per heavy atom. The number of ether oxygens (including phenoxy) is 1. The predicted molar refractivity (Wildman–Crippen MR) is 67.2 cm³/mol. The Kier molecular flexibility index (Phi) is 5.17. The zero-order valence-corrected chi connectivity index (χ0v) is 10.8. The monoisotopic (exact) mass is 251 g/mol. The minimum absolute atomic E-state index is 0.197. The van der Waals surface area contributed by atoms with Crippen molar-refractivity contribution in [1.82, 2.24) is 0 Å². The van der Waals surface area contributed by atoms with E-state index in [1.54, 1.807) is 38.1 Å². The van der Waals surface area contributed by atoms with Gasteiger partial charge in [0, 0.05) is 12.8 Å². The number of anilines is 1. The highest BCUT2D eigenvalue weighted by Gasteiger charge is 2.21. The molecule has 1 aromatic carbocycles. The fourth-order valence-corrected chi connectivity index (χ4v) is 1.34. The van der Waals surface area contributed by atoms with Crippen LogP contribution in [-0.4, -0.2) is 19.0 Å². The van der Waals surface area contributed by atoms with Crippen molar-refractivity contribution in [2.75, 3.05) is 12.2 Å². The molecule has 0 aliphatic rings. The Hall–Kier alpha value is -2.04. The highest BCUT2D eigenvalue weighted by molar-refractivity contribution is 5.94. The molecule has 0 fully saturated rings. The van der Waals surface area contributed by atoms with Gasteiger partial charge in [0.15, 0.2) is 0 Å². The van der Waals surface area contributed by atoms with Crippen LogP contribution >= 0.6 is 0 Å². The van der Waals surface area contributed by atoms with Crippen molar-refractivity contribution in [2.24, 2.45) is 0 Å². The zero-order chi connectivity index (χ0) is 13.5. The lowest BCUT2D eigenvalue weighted by Gasteiger charge is -2.22. The van der Waals surface area contributed by atoms with Crippen LogP contribution in [0.15, 0.2) is 24.3 Å². The Morgan fingerprint density at radius 3 is 2.39 bits per heavy atom. The number of methoxy groups -OCH3 is 1. The first-order valence-corrected chi connectivity index (χ1v) is 5.80. The van der Waals surface area contributed by atoms with Crippen LogP contribution < -0.4 is 9.80 Å². The largest absolute Gasteiger partial charge is 0.494 e. The van der Waals surface area contributed by atoms with Gasteiger partial charge < -0.3 is 9.57 Å². The first kappa shape index (κ1) is 14.0. The molecule has 0 heterocycles. The lowest BCUT2D eigenvalue weighted by atomic mass is 10.2. The number of hydrogen-bond donors (Lipinski definition) is 0. The highest BCUT2D eigenvalue weighted by Crippen LogP contribution is 2.28. The van der Waals surface area contributed by atoms with Gasteiger partial charge in [0.05, 0.1) is 7.11 Å². The summed E-state index contributed by atoms with van der Waals surface area (Å²) in [5, 5.41) is 0.991. The average molecular weight is 251 g/mol. The van der Waals surface area contributed by atoms with Crippen molar-refractivity contribution in [2.45, 2.75) is 26.7 Å². The maximum absolute atomic E-state index is 11.8. The summed E-state index contributed by atoms with van der Waals surface area (Å²) < 4.78 is 5.15. The van der Waals surface area contributed by atoms with Crippen LogP contribution in [-0.2, 0) is 14.4 Å². The number of benzene rings is 1. The maximum atomic E-state index is 11.8. The standard InChI is InChI=1S/C13H17NO4/c1-4-12(15)14(18-13(16)5-2)10-8-6-7-9-11(10)17-3/h6-9H,4-5H2,1-3H3. The molecule has 5 nitrogen and oxygen atoms in total. The van der Waals surface area contributed by atoms with Gasteiger partial charge >= 0.3 is 5.97 Å². The highest BCUT2D eigenvalue weighted by atomic mass is 16.7. The number of rotatable bonds is 4. The van der Waals surface area contributed by atoms with Gasteiger partial charge in [-0.15, -0.1) is 5.06 Å². The van der Waals surface area contributed by atoms with E-state index in [0.29, 0.717) is 11.4 Å². The lowest BCUT2D eigenvalue weighted by molar-refractivity contribution is -0.150. The molecule has 0 saturated carbocycles. The molecule has 0 N–H and O–H groups in total. The zero-order valence-electron chi connectivity index (χ0n) is 10.8. The molecule has 1 rings (SSSR count). The number of amides is 1. The van der Waals surface area contributed by atoms with Gasteiger partial charge in [0.1, 0.15) is 11.4 Å². The molecular formula is C13H17NO4. The Morgan fingerprint density at radius 1 is 1.17 bits per heavy atom. The van der Waals surface area contributed by atoms with E-state index in [-0.39, 0.29) is 18.7 Å². The van der Waals surface area contributed by atoms with E-state index in [2.05, 4.69) is 0 Å². The molecule has 98 valence electrons. The second-order valence-electron chi connectivity index (χ2n) is 3.53. The van der Waals surface area contributed by atoms with Crippen molar-refractivity contribution in [3.8, 4) is 5.75 Å². The molecule has 0 aliphatic heterocycles. The van der Waals surface area contributed by atoms with Gasteiger partial charge in [0.25, 0.3) is 5.91 Å². The third-order valence-corrected chi connectivity index (χ3v) is 2.31. The number of hydrogen-bond acceptors (Lipinski definition) is 4. The summed E-state index contributed by atoms with van der Waals surface area (Å²) >= 11 is 0. The molecule has 0 aromatic heterocycles. The third-order valence-electron chi connectivity index (χ3n) is 2.31. The van der Waals surface area contributed by atoms with E-state index in [1.165, 1.54) is 7.11 Å². The quantitative estimate of drug-likeness (QED) is 0.770.